The molecule has 0 amide bonds. The maximum absolute atomic E-state index is 12.9. The van der Waals surface area contributed by atoms with Crippen molar-refractivity contribution in [3.05, 3.63) is 77.9 Å². The average Bonchev–Trinajstić information content (AvgIpc) is 3.52. The number of esters is 1. The Morgan fingerprint density at radius 2 is 1.80 bits per heavy atom. The Kier molecular flexibility index (Phi) is 7.47. The number of benzene rings is 2. The van der Waals surface area contributed by atoms with Crippen LogP contribution in [-0.4, -0.2) is 49.4 Å². The number of H-pyrrole nitrogens is 1. The fraction of sp³-hybridized carbons (Fsp3) is 0.269. The van der Waals surface area contributed by atoms with Gasteiger partial charge < -0.3 is 14.0 Å². The third kappa shape index (κ3) is 5.20. The molecule has 0 radical (unpaired) electrons. The number of carbonyl (C=O) groups is 1. The molecule has 0 saturated heterocycles. The molecule has 0 atom stereocenters. The van der Waals surface area contributed by atoms with E-state index >= 15 is 0 Å². The first kappa shape index (κ1) is 24.0. The van der Waals surface area contributed by atoms with E-state index in [-0.39, 0.29) is 13.2 Å². The van der Waals surface area contributed by atoms with Gasteiger partial charge in [-0.2, -0.15) is 5.21 Å². The summed E-state index contributed by atoms with van der Waals surface area (Å²) in [6, 6.07) is 16.0. The number of aromatic nitrogens is 6. The summed E-state index contributed by atoms with van der Waals surface area (Å²) in [7, 11) is 0. The molecular weight excluding hydrogens is 444 g/mol. The van der Waals surface area contributed by atoms with Gasteiger partial charge >= 0.3 is 5.97 Å². The smallest absolute Gasteiger partial charge is 0.357 e. The second-order valence-corrected chi connectivity index (χ2v) is 7.93. The maximum Gasteiger partial charge on any atom is 0.357 e. The Labute approximate surface area is 203 Å². The molecule has 35 heavy (non-hydrogen) atoms. The molecule has 0 aliphatic rings. The first-order chi connectivity index (χ1) is 17.0. The molecule has 1 N–H and O–H groups in total. The minimum atomic E-state index is -0.425. The summed E-state index contributed by atoms with van der Waals surface area (Å²) in [6.07, 6.45) is 0. The number of aromatic amines is 1. The van der Waals surface area contributed by atoms with Crippen molar-refractivity contribution in [1.82, 2.24) is 30.2 Å². The van der Waals surface area contributed by atoms with Gasteiger partial charge in [-0.1, -0.05) is 55.1 Å². The highest BCUT2D eigenvalue weighted by atomic mass is 16.5. The first-order valence-corrected chi connectivity index (χ1v) is 11.5. The van der Waals surface area contributed by atoms with E-state index in [1.165, 1.54) is 0 Å². The summed E-state index contributed by atoms with van der Waals surface area (Å²) in [5.41, 5.74) is 5.51. The predicted molar refractivity (Wildman–Crippen MR) is 132 cm³/mol. The molecule has 9 nitrogen and oxygen atoms in total. The first-order valence-electron chi connectivity index (χ1n) is 11.5. The molecule has 0 spiro atoms. The Morgan fingerprint density at radius 3 is 2.43 bits per heavy atom. The number of nitrogens with one attached hydrogen (secondary N) is 1. The van der Waals surface area contributed by atoms with Gasteiger partial charge in [-0.25, -0.2) is 9.78 Å². The van der Waals surface area contributed by atoms with Crippen LogP contribution in [0.4, 0.5) is 0 Å². The number of hydrogen-bond acceptors (Lipinski definition) is 7. The third-order valence-corrected chi connectivity index (χ3v) is 5.47. The third-order valence-electron chi connectivity index (χ3n) is 5.47. The van der Waals surface area contributed by atoms with Gasteiger partial charge in [-0.15, -0.1) is 10.2 Å². The van der Waals surface area contributed by atoms with Gasteiger partial charge in [-0.3, -0.25) is 0 Å². The van der Waals surface area contributed by atoms with Crippen molar-refractivity contribution < 1.29 is 14.3 Å². The number of tetrazole rings is 1. The van der Waals surface area contributed by atoms with Crippen LogP contribution in [0.2, 0.25) is 0 Å². The van der Waals surface area contributed by atoms with Crippen LogP contribution in [-0.2, 0) is 22.6 Å². The van der Waals surface area contributed by atoms with Crippen molar-refractivity contribution in [1.29, 1.82) is 0 Å². The van der Waals surface area contributed by atoms with Gasteiger partial charge in [-0.05, 0) is 48.2 Å². The number of carbonyl (C=O) groups excluding carboxylic acids is 1. The summed E-state index contributed by atoms with van der Waals surface area (Å²) in [5, 5.41) is 14.4. The van der Waals surface area contributed by atoms with E-state index in [0.717, 1.165) is 22.3 Å². The van der Waals surface area contributed by atoms with Crippen LogP contribution in [0, 0.1) is 0 Å². The number of rotatable bonds is 10. The molecule has 0 saturated carbocycles. The normalized spacial score (nSPS) is 10.9. The highest BCUT2D eigenvalue weighted by Gasteiger charge is 2.25. The van der Waals surface area contributed by atoms with Crippen LogP contribution < -0.4 is 0 Å². The van der Waals surface area contributed by atoms with Gasteiger partial charge in [0.1, 0.15) is 12.4 Å². The Bertz CT molecular complexity index is 1310. The van der Waals surface area contributed by atoms with Crippen LogP contribution in [0.25, 0.3) is 28.1 Å². The number of imidazole rings is 1. The summed E-state index contributed by atoms with van der Waals surface area (Å²) in [5.74, 6) is 0.765. The highest BCUT2D eigenvalue weighted by Crippen LogP contribution is 2.30. The Balaban J connectivity index is 1.70. The lowest BCUT2D eigenvalue weighted by Crippen LogP contribution is -2.16. The fourth-order valence-corrected chi connectivity index (χ4v) is 3.86. The predicted octanol–water partition coefficient (Wildman–Crippen LogP) is 4.52. The minimum absolute atomic E-state index is 0.273. The van der Waals surface area contributed by atoms with Crippen molar-refractivity contribution in [2.75, 3.05) is 13.2 Å². The van der Waals surface area contributed by atoms with Crippen LogP contribution in [0.1, 0.15) is 48.3 Å². The molecule has 0 aliphatic carbocycles. The highest BCUT2D eigenvalue weighted by molar-refractivity contribution is 5.93. The molecule has 0 fully saturated rings. The summed E-state index contributed by atoms with van der Waals surface area (Å²) >= 11 is 0. The molecule has 0 aliphatic heterocycles. The zero-order valence-corrected chi connectivity index (χ0v) is 20.1. The van der Waals surface area contributed by atoms with Crippen molar-refractivity contribution >= 4 is 11.5 Å². The zero-order valence-electron chi connectivity index (χ0n) is 20.1. The van der Waals surface area contributed by atoms with E-state index in [4.69, 9.17) is 9.47 Å². The van der Waals surface area contributed by atoms with Crippen LogP contribution in [0.5, 0.6) is 0 Å². The molecule has 2 aromatic carbocycles. The van der Waals surface area contributed by atoms with E-state index in [1.54, 1.807) is 6.92 Å². The second-order valence-electron chi connectivity index (χ2n) is 7.93. The molecule has 0 unspecified atom stereocenters. The van der Waals surface area contributed by atoms with Gasteiger partial charge in [0, 0.05) is 18.7 Å². The Hall–Kier alpha value is -4.11. The molecule has 4 aromatic rings. The standard InChI is InChI=1S/C26H28N6O3/c1-5-34-16-22-27-23(17(3)4)24(26(33)35-6-2)32(22)15-18-11-13-19(14-12-18)20-9-7-8-10-21(20)25-28-30-31-29-25/h7-14H,3,5-6,15-16H2,1-2,4H3,(H,28,29,30,31). The molecule has 9 heteroatoms. The van der Waals surface area contributed by atoms with E-state index in [2.05, 4.69) is 32.2 Å². The quantitative estimate of drug-likeness (QED) is 0.338. The molecular formula is C26H28N6O3. The second kappa shape index (κ2) is 10.9. The minimum Gasteiger partial charge on any atom is -0.461 e. The van der Waals surface area contributed by atoms with Crippen LogP contribution in [0.3, 0.4) is 0 Å². The van der Waals surface area contributed by atoms with Gasteiger partial charge in [0.2, 0.25) is 5.82 Å². The SMILES string of the molecule is C=C(C)c1nc(COCC)n(Cc2ccc(-c3ccccc3-c3nn[nH]n3)cc2)c1C(=O)OCC. The van der Waals surface area contributed by atoms with Crippen molar-refractivity contribution in [3.8, 4) is 22.5 Å². The number of ether oxygens (including phenoxy) is 2. The Morgan fingerprint density at radius 1 is 1.06 bits per heavy atom. The lowest BCUT2D eigenvalue weighted by Gasteiger charge is -2.13. The summed E-state index contributed by atoms with van der Waals surface area (Å²) < 4.78 is 12.8. The van der Waals surface area contributed by atoms with E-state index in [0.29, 0.717) is 41.8 Å². The molecule has 0 bridgehead atoms. The summed E-state index contributed by atoms with van der Waals surface area (Å²) in [4.78, 5) is 17.5. The van der Waals surface area contributed by atoms with Crippen LogP contribution >= 0.6 is 0 Å². The van der Waals surface area contributed by atoms with Crippen molar-refractivity contribution in [2.24, 2.45) is 0 Å². The average molecular weight is 473 g/mol. The maximum atomic E-state index is 12.9. The lowest BCUT2D eigenvalue weighted by atomic mass is 9.98. The number of allylic oxidation sites excluding steroid dienone is 1. The monoisotopic (exact) mass is 472 g/mol. The number of hydrogen-bond donors (Lipinski definition) is 1. The van der Waals surface area contributed by atoms with E-state index < -0.39 is 5.97 Å². The molecule has 4 rings (SSSR count). The summed E-state index contributed by atoms with van der Waals surface area (Å²) in [6.45, 7) is 11.1. The van der Waals surface area contributed by atoms with Gasteiger partial charge in [0.25, 0.3) is 0 Å². The lowest BCUT2D eigenvalue weighted by molar-refractivity contribution is 0.0512. The van der Waals surface area contributed by atoms with Gasteiger partial charge in [0.15, 0.2) is 5.69 Å². The molecule has 2 aromatic heterocycles. The zero-order chi connectivity index (χ0) is 24.8. The van der Waals surface area contributed by atoms with Crippen molar-refractivity contribution in [3.63, 3.8) is 0 Å². The number of nitrogens with zero attached hydrogens (tertiary/aromatic N) is 5. The van der Waals surface area contributed by atoms with Gasteiger partial charge in [0.05, 0.1) is 12.3 Å². The largest absolute Gasteiger partial charge is 0.461 e. The fourth-order valence-electron chi connectivity index (χ4n) is 3.86. The molecule has 180 valence electrons. The molecule has 2 heterocycles. The van der Waals surface area contributed by atoms with E-state index in [9.17, 15) is 4.79 Å². The van der Waals surface area contributed by atoms with E-state index in [1.807, 2.05) is 66.9 Å². The topological polar surface area (TPSA) is 108 Å². The van der Waals surface area contributed by atoms with Crippen molar-refractivity contribution in [2.45, 2.75) is 33.9 Å². The van der Waals surface area contributed by atoms with Crippen LogP contribution in [0.15, 0.2) is 55.1 Å².